The van der Waals surface area contributed by atoms with Crippen LogP contribution in [0.25, 0.3) is 0 Å². The highest BCUT2D eigenvalue weighted by atomic mass is 35.5. The average molecular weight is 172 g/mol. The van der Waals surface area contributed by atoms with Gasteiger partial charge in [-0.15, -0.1) is 0 Å². The largest absolute Gasteiger partial charge is 0.284 e. The van der Waals surface area contributed by atoms with E-state index in [1.807, 2.05) is 0 Å². The molecule has 0 heterocycles. The van der Waals surface area contributed by atoms with Gasteiger partial charge in [0.05, 0.1) is 0 Å². The molecule has 1 radical (unpaired) electrons. The summed E-state index contributed by atoms with van der Waals surface area (Å²) >= 11 is 11.4. The minimum absolute atomic E-state index is 0.226. The van der Waals surface area contributed by atoms with Crippen LogP contribution in [0.1, 0.15) is 6.92 Å². The molecule has 0 unspecified atom stereocenters. The molecule has 0 saturated heterocycles. The standard InChI is InChI=1S/C4H5Cl2OS/c1-2-8-4(7)3(5)6/h2-3H,1H3. The Balaban J connectivity index is 3.33. The van der Waals surface area contributed by atoms with Crippen molar-refractivity contribution >= 4 is 40.1 Å². The number of carbonyl (C=O) groups is 1. The third-order valence-electron chi connectivity index (χ3n) is 0.412. The molecule has 0 aromatic heterocycles. The van der Waals surface area contributed by atoms with Crippen molar-refractivity contribution in [2.45, 2.75) is 11.8 Å². The third kappa shape index (κ3) is 3.58. The number of hydrogen-bond acceptors (Lipinski definition) is 2. The van der Waals surface area contributed by atoms with Gasteiger partial charge in [-0.3, -0.25) is 4.79 Å². The fourth-order valence-corrected chi connectivity index (χ4v) is 0.811. The van der Waals surface area contributed by atoms with Crippen LogP contribution in [0.5, 0.6) is 0 Å². The van der Waals surface area contributed by atoms with E-state index in [1.54, 1.807) is 12.7 Å². The Kier molecular flexibility index (Phi) is 4.81. The molecule has 0 bridgehead atoms. The van der Waals surface area contributed by atoms with Gasteiger partial charge in [0.2, 0.25) is 5.12 Å². The highest BCUT2D eigenvalue weighted by Crippen LogP contribution is 2.15. The molecule has 0 saturated carbocycles. The van der Waals surface area contributed by atoms with Crippen LogP contribution in [0.4, 0.5) is 0 Å². The zero-order valence-corrected chi connectivity index (χ0v) is 6.56. The molecule has 0 spiro atoms. The van der Waals surface area contributed by atoms with Crippen molar-refractivity contribution < 1.29 is 4.79 Å². The van der Waals surface area contributed by atoms with E-state index in [0.29, 0.717) is 0 Å². The minimum Gasteiger partial charge on any atom is -0.284 e. The van der Waals surface area contributed by atoms with Gasteiger partial charge < -0.3 is 0 Å². The SMILES string of the molecule is C[CH]SC(=O)C(Cl)Cl. The van der Waals surface area contributed by atoms with Crippen LogP contribution in [-0.2, 0) is 4.79 Å². The molecular formula is C4H5Cl2OS. The van der Waals surface area contributed by atoms with Crippen molar-refractivity contribution in [2.75, 3.05) is 0 Å². The van der Waals surface area contributed by atoms with Crippen LogP contribution in [0, 0.1) is 5.75 Å². The number of rotatable bonds is 2. The van der Waals surface area contributed by atoms with Crippen molar-refractivity contribution in [3.63, 3.8) is 0 Å². The highest BCUT2D eigenvalue weighted by molar-refractivity contribution is 8.15. The second-order valence-electron chi connectivity index (χ2n) is 0.973. The summed E-state index contributed by atoms with van der Waals surface area (Å²) in [5.74, 6) is 1.64. The van der Waals surface area contributed by atoms with Crippen LogP contribution in [0.15, 0.2) is 0 Å². The summed E-state index contributed by atoms with van der Waals surface area (Å²) in [5.41, 5.74) is 0. The number of alkyl halides is 2. The molecule has 0 aliphatic rings. The van der Waals surface area contributed by atoms with Gasteiger partial charge in [0.25, 0.3) is 0 Å². The second-order valence-corrected chi connectivity index (χ2v) is 3.18. The lowest BCUT2D eigenvalue weighted by atomic mass is 10.9. The Morgan fingerprint density at radius 2 is 2.25 bits per heavy atom. The molecule has 0 atom stereocenters. The van der Waals surface area contributed by atoms with E-state index in [-0.39, 0.29) is 5.12 Å². The van der Waals surface area contributed by atoms with E-state index >= 15 is 0 Å². The average Bonchev–Trinajstić information content (AvgIpc) is 1.67. The lowest BCUT2D eigenvalue weighted by molar-refractivity contribution is -0.109. The maximum Gasteiger partial charge on any atom is 0.222 e. The van der Waals surface area contributed by atoms with Crippen LogP contribution in [0.3, 0.4) is 0 Å². The second kappa shape index (κ2) is 4.48. The molecule has 0 amide bonds. The summed E-state index contributed by atoms with van der Waals surface area (Å²) in [4.78, 5) is 9.52. The number of hydrogen-bond donors (Lipinski definition) is 0. The van der Waals surface area contributed by atoms with E-state index in [9.17, 15) is 4.79 Å². The van der Waals surface area contributed by atoms with Crippen LogP contribution >= 0.6 is 35.0 Å². The summed E-state index contributed by atoms with van der Waals surface area (Å²) in [6.45, 7) is 1.75. The van der Waals surface area contributed by atoms with E-state index in [1.165, 1.54) is 0 Å². The predicted octanol–water partition coefficient (Wildman–Crippen LogP) is 2.23. The number of thioether (sulfide) groups is 1. The van der Waals surface area contributed by atoms with Crippen LogP contribution < -0.4 is 0 Å². The molecule has 1 nitrogen and oxygen atoms in total. The van der Waals surface area contributed by atoms with Gasteiger partial charge in [-0.05, 0) is 0 Å². The first kappa shape index (κ1) is 8.60. The first-order valence-electron chi connectivity index (χ1n) is 1.95. The summed E-state index contributed by atoms with van der Waals surface area (Å²) < 4.78 is 0. The summed E-state index contributed by atoms with van der Waals surface area (Å²) in [6, 6.07) is 0. The van der Waals surface area contributed by atoms with E-state index in [4.69, 9.17) is 23.2 Å². The Bertz CT molecular complexity index is 84.1. The Morgan fingerprint density at radius 3 is 2.38 bits per heavy atom. The zero-order chi connectivity index (χ0) is 6.57. The first-order chi connectivity index (χ1) is 3.68. The van der Waals surface area contributed by atoms with E-state index in [2.05, 4.69) is 0 Å². The zero-order valence-electron chi connectivity index (χ0n) is 4.23. The molecule has 0 fully saturated rings. The van der Waals surface area contributed by atoms with Crippen molar-refractivity contribution in [1.82, 2.24) is 0 Å². The number of halogens is 2. The molecule has 4 heteroatoms. The van der Waals surface area contributed by atoms with Gasteiger partial charge in [0.1, 0.15) is 0 Å². The van der Waals surface area contributed by atoms with Crippen LogP contribution in [-0.4, -0.2) is 9.95 Å². The lowest BCUT2D eigenvalue weighted by Gasteiger charge is -1.93. The molecular weight excluding hydrogens is 167 g/mol. The maximum absolute atomic E-state index is 10.4. The Hall–Kier alpha value is 0.600. The molecule has 47 valence electrons. The van der Waals surface area contributed by atoms with Crippen molar-refractivity contribution in [1.29, 1.82) is 0 Å². The Morgan fingerprint density at radius 1 is 1.75 bits per heavy atom. The van der Waals surface area contributed by atoms with Crippen molar-refractivity contribution in [2.24, 2.45) is 0 Å². The quantitative estimate of drug-likeness (QED) is 0.594. The topological polar surface area (TPSA) is 17.1 Å². The molecule has 0 aromatic rings. The van der Waals surface area contributed by atoms with Crippen molar-refractivity contribution in [3.8, 4) is 0 Å². The molecule has 0 aromatic carbocycles. The van der Waals surface area contributed by atoms with Gasteiger partial charge in [0, 0.05) is 5.75 Å². The molecule has 0 rings (SSSR count). The minimum atomic E-state index is -0.892. The molecule has 0 N–H and O–H groups in total. The van der Waals surface area contributed by atoms with E-state index < -0.39 is 4.84 Å². The fourth-order valence-electron chi connectivity index (χ4n) is 0.168. The van der Waals surface area contributed by atoms with Gasteiger partial charge in [-0.25, -0.2) is 0 Å². The van der Waals surface area contributed by atoms with E-state index in [0.717, 1.165) is 11.8 Å². The predicted molar refractivity (Wildman–Crippen MR) is 38.1 cm³/mol. The fraction of sp³-hybridized carbons (Fsp3) is 0.500. The first-order valence-corrected chi connectivity index (χ1v) is 3.70. The van der Waals surface area contributed by atoms with Gasteiger partial charge in [-0.2, -0.15) is 0 Å². The molecule has 0 aliphatic carbocycles. The smallest absolute Gasteiger partial charge is 0.222 e. The maximum atomic E-state index is 10.4. The van der Waals surface area contributed by atoms with Gasteiger partial charge in [0.15, 0.2) is 4.84 Å². The molecule has 0 aliphatic heterocycles. The summed E-state index contributed by atoms with van der Waals surface area (Å²) in [5, 5.41) is -0.226. The third-order valence-corrected chi connectivity index (χ3v) is 1.77. The summed E-state index contributed by atoms with van der Waals surface area (Å²) in [6.07, 6.45) is 0. The molecule has 8 heavy (non-hydrogen) atoms. The van der Waals surface area contributed by atoms with Crippen LogP contribution in [0.2, 0.25) is 0 Å². The monoisotopic (exact) mass is 171 g/mol. The van der Waals surface area contributed by atoms with Gasteiger partial charge in [-0.1, -0.05) is 41.9 Å². The normalized spacial score (nSPS) is 10.0. The number of carbonyl (C=O) groups excluding carboxylic acids is 1. The van der Waals surface area contributed by atoms with Crippen molar-refractivity contribution in [3.05, 3.63) is 5.75 Å². The summed E-state index contributed by atoms with van der Waals surface area (Å²) in [7, 11) is 0. The Labute approximate surface area is 62.7 Å². The van der Waals surface area contributed by atoms with Gasteiger partial charge >= 0.3 is 0 Å². The highest BCUT2D eigenvalue weighted by Gasteiger charge is 2.09. The lowest BCUT2D eigenvalue weighted by Crippen LogP contribution is -2.00.